The van der Waals surface area contributed by atoms with E-state index < -0.39 is 0 Å². The van der Waals surface area contributed by atoms with Crippen LogP contribution in [0.15, 0.2) is 48.7 Å². The molecule has 2 heterocycles. The summed E-state index contributed by atoms with van der Waals surface area (Å²) in [5, 5.41) is 16.5. The van der Waals surface area contributed by atoms with Crippen LogP contribution in [0.2, 0.25) is 5.02 Å². The maximum Gasteiger partial charge on any atom is 0.223 e. The van der Waals surface area contributed by atoms with E-state index in [1.54, 1.807) is 24.4 Å². The van der Waals surface area contributed by atoms with Crippen LogP contribution in [0.1, 0.15) is 25.0 Å². The first-order valence-electron chi connectivity index (χ1n) is 11.2. The van der Waals surface area contributed by atoms with Crippen molar-refractivity contribution < 1.29 is 9.50 Å². The fourth-order valence-electron chi connectivity index (χ4n) is 4.04. The predicted molar refractivity (Wildman–Crippen MR) is 130 cm³/mol. The first-order chi connectivity index (χ1) is 15.9. The highest BCUT2D eigenvalue weighted by molar-refractivity contribution is 6.32. The second kappa shape index (κ2) is 10.5. The van der Waals surface area contributed by atoms with Gasteiger partial charge in [-0.25, -0.2) is 14.4 Å². The van der Waals surface area contributed by atoms with E-state index >= 15 is 0 Å². The summed E-state index contributed by atoms with van der Waals surface area (Å²) in [4.78, 5) is 11.2. The summed E-state index contributed by atoms with van der Waals surface area (Å²) < 4.78 is 14.7. The van der Waals surface area contributed by atoms with Crippen molar-refractivity contribution in [1.82, 2.24) is 20.2 Å². The summed E-state index contributed by atoms with van der Waals surface area (Å²) in [7, 11) is 0. The third-order valence-electron chi connectivity index (χ3n) is 5.95. The van der Waals surface area contributed by atoms with Gasteiger partial charge in [0, 0.05) is 50.0 Å². The monoisotopic (exact) mass is 469 g/mol. The standard InChI is InChI=1S/C25H29ClFN5O/c1-16-14-32(17(2)13-30-16)15-19-3-5-22(27)20(11-19)23-8-10-29-25(31-23)28-9-7-18-4-6-24(33)21(26)12-18/h3-6,8,10-12,16-17,30,33H,7,9,13-15H2,1-2H3,(H,28,29,31)/t16-,17-/m0/s1. The van der Waals surface area contributed by atoms with Crippen LogP contribution in [-0.2, 0) is 13.0 Å². The van der Waals surface area contributed by atoms with Gasteiger partial charge in [0.25, 0.3) is 0 Å². The molecular weight excluding hydrogens is 441 g/mol. The van der Waals surface area contributed by atoms with Gasteiger partial charge in [-0.2, -0.15) is 0 Å². The van der Waals surface area contributed by atoms with E-state index in [2.05, 4.69) is 39.3 Å². The van der Waals surface area contributed by atoms with Crippen LogP contribution in [0.5, 0.6) is 5.75 Å². The lowest BCUT2D eigenvalue weighted by Crippen LogP contribution is -2.53. The predicted octanol–water partition coefficient (Wildman–Crippen LogP) is 4.48. The minimum absolute atomic E-state index is 0.0644. The molecule has 1 saturated heterocycles. The van der Waals surface area contributed by atoms with Crippen LogP contribution in [0.25, 0.3) is 11.3 Å². The molecule has 1 aliphatic rings. The largest absolute Gasteiger partial charge is 0.506 e. The summed E-state index contributed by atoms with van der Waals surface area (Å²) in [6, 6.07) is 13.0. The molecule has 2 aromatic carbocycles. The molecule has 33 heavy (non-hydrogen) atoms. The van der Waals surface area contributed by atoms with Crippen molar-refractivity contribution in [2.75, 3.05) is 25.0 Å². The van der Waals surface area contributed by atoms with Gasteiger partial charge in [-0.05, 0) is 61.7 Å². The Morgan fingerprint density at radius 3 is 2.82 bits per heavy atom. The molecular formula is C25H29ClFN5O. The van der Waals surface area contributed by atoms with Gasteiger partial charge in [0.1, 0.15) is 11.6 Å². The molecule has 0 saturated carbocycles. The van der Waals surface area contributed by atoms with Crippen molar-refractivity contribution in [3.8, 4) is 17.0 Å². The van der Waals surface area contributed by atoms with Gasteiger partial charge in [0.05, 0.1) is 10.7 Å². The smallest absolute Gasteiger partial charge is 0.223 e. The molecule has 1 aromatic heterocycles. The second-order valence-electron chi connectivity index (χ2n) is 8.63. The first kappa shape index (κ1) is 23.4. The van der Waals surface area contributed by atoms with Crippen molar-refractivity contribution in [2.24, 2.45) is 0 Å². The topological polar surface area (TPSA) is 73.3 Å². The Morgan fingerprint density at radius 2 is 2.00 bits per heavy atom. The van der Waals surface area contributed by atoms with Gasteiger partial charge >= 0.3 is 0 Å². The Kier molecular flexibility index (Phi) is 7.42. The minimum atomic E-state index is -0.302. The number of aromatic nitrogens is 2. The molecule has 0 spiro atoms. The molecule has 0 bridgehead atoms. The van der Waals surface area contributed by atoms with Gasteiger partial charge in [-0.3, -0.25) is 4.90 Å². The Morgan fingerprint density at radius 1 is 1.18 bits per heavy atom. The second-order valence-corrected chi connectivity index (χ2v) is 9.04. The van der Waals surface area contributed by atoms with E-state index in [1.165, 1.54) is 6.07 Å². The number of benzene rings is 2. The molecule has 3 aromatic rings. The number of phenolic OH excluding ortho intramolecular Hbond substituents is 1. The highest BCUT2D eigenvalue weighted by atomic mass is 35.5. The third kappa shape index (κ3) is 5.99. The van der Waals surface area contributed by atoms with Crippen molar-refractivity contribution in [3.63, 3.8) is 0 Å². The number of hydrogen-bond donors (Lipinski definition) is 3. The number of rotatable bonds is 7. The van der Waals surface area contributed by atoms with Gasteiger partial charge in [0.2, 0.25) is 5.95 Å². The van der Waals surface area contributed by atoms with Gasteiger partial charge in [-0.1, -0.05) is 23.7 Å². The molecule has 0 radical (unpaired) electrons. The molecule has 174 valence electrons. The highest BCUT2D eigenvalue weighted by Gasteiger charge is 2.22. The van der Waals surface area contributed by atoms with Crippen molar-refractivity contribution in [3.05, 3.63) is 70.6 Å². The molecule has 0 amide bonds. The Labute approximate surface area is 198 Å². The van der Waals surface area contributed by atoms with Crippen LogP contribution in [0, 0.1) is 5.82 Å². The lowest BCUT2D eigenvalue weighted by molar-refractivity contribution is 0.139. The van der Waals surface area contributed by atoms with E-state index in [1.807, 2.05) is 18.2 Å². The van der Waals surface area contributed by atoms with Crippen LogP contribution in [-0.4, -0.2) is 51.7 Å². The number of nitrogens with one attached hydrogen (secondary N) is 2. The fourth-order valence-corrected chi connectivity index (χ4v) is 4.24. The van der Waals surface area contributed by atoms with E-state index in [9.17, 15) is 9.50 Å². The number of phenols is 1. The lowest BCUT2D eigenvalue weighted by Gasteiger charge is -2.37. The molecule has 1 aliphatic heterocycles. The molecule has 2 atom stereocenters. The maximum absolute atomic E-state index is 14.7. The van der Waals surface area contributed by atoms with Crippen LogP contribution < -0.4 is 10.6 Å². The zero-order chi connectivity index (χ0) is 23.4. The van der Waals surface area contributed by atoms with Gasteiger partial charge < -0.3 is 15.7 Å². The Hall–Kier alpha value is -2.74. The average molecular weight is 470 g/mol. The average Bonchev–Trinajstić information content (AvgIpc) is 2.80. The molecule has 6 nitrogen and oxygen atoms in total. The van der Waals surface area contributed by atoms with Crippen molar-refractivity contribution in [1.29, 1.82) is 0 Å². The number of piperazine rings is 1. The number of aromatic hydroxyl groups is 1. The van der Waals surface area contributed by atoms with Crippen LogP contribution in [0.4, 0.5) is 10.3 Å². The Balaban J connectivity index is 1.44. The van der Waals surface area contributed by atoms with Crippen molar-refractivity contribution >= 4 is 17.5 Å². The molecule has 1 fully saturated rings. The minimum Gasteiger partial charge on any atom is -0.506 e. The molecule has 8 heteroatoms. The van der Waals surface area contributed by atoms with E-state index in [0.29, 0.717) is 47.3 Å². The SMILES string of the molecule is C[C@H]1CN(Cc2ccc(F)c(-c3ccnc(NCCc4ccc(O)c(Cl)c4)n3)c2)[C@@H](C)CN1. The normalized spacial score (nSPS) is 18.9. The van der Waals surface area contributed by atoms with Gasteiger partial charge in [-0.15, -0.1) is 0 Å². The highest BCUT2D eigenvalue weighted by Crippen LogP contribution is 2.25. The fraction of sp³-hybridized carbons (Fsp3) is 0.360. The zero-order valence-electron chi connectivity index (χ0n) is 18.9. The van der Waals surface area contributed by atoms with E-state index in [-0.39, 0.29) is 11.6 Å². The summed E-state index contributed by atoms with van der Waals surface area (Å²) in [6.07, 6.45) is 2.31. The van der Waals surface area contributed by atoms with Crippen LogP contribution in [0.3, 0.4) is 0 Å². The van der Waals surface area contributed by atoms with Crippen LogP contribution >= 0.6 is 11.6 Å². The summed E-state index contributed by atoms with van der Waals surface area (Å²) in [5.74, 6) is 0.199. The third-order valence-corrected chi connectivity index (χ3v) is 6.25. The number of halogens is 2. The number of nitrogens with zero attached hydrogens (tertiary/aromatic N) is 3. The molecule has 0 unspecified atom stereocenters. The summed E-state index contributed by atoms with van der Waals surface area (Å²) in [6.45, 7) is 7.64. The molecule has 3 N–H and O–H groups in total. The first-order valence-corrected chi connectivity index (χ1v) is 11.6. The number of hydrogen-bond acceptors (Lipinski definition) is 6. The quantitative estimate of drug-likeness (QED) is 0.474. The summed E-state index contributed by atoms with van der Waals surface area (Å²) >= 11 is 5.97. The maximum atomic E-state index is 14.7. The lowest BCUT2D eigenvalue weighted by atomic mass is 10.0. The zero-order valence-corrected chi connectivity index (χ0v) is 19.6. The van der Waals surface area contributed by atoms with E-state index in [0.717, 1.165) is 30.8 Å². The molecule has 4 rings (SSSR count). The van der Waals surface area contributed by atoms with Crippen molar-refractivity contribution in [2.45, 2.75) is 38.9 Å². The summed E-state index contributed by atoms with van der Waals surface area (Å²) in [5.41, 5.74) is 3.06. The number of anilines is 1. The van der Waals surface area contributed by atoms with Gasteiger partial charge in [0.15, 0.2) is 0 Å². The molecule has 0 aliphatic carbocycles. The van der Waals surface area contributed by atoms with E-state index in [4.69, 9.17) is 11.6 Å². The Bertz CT molecular complexity index is 1110.